The highest BCUT2D eigenvalue weighted by Crippen LogP contribution is 2.44. The summed E-state index contributed by atoms with van der Waals surface area (Å²) in [5.74, 6) is -0.106. The molecule has 2 aliphatic rings. The van der Waals surface area contributed by atoms with Gasteiger partial charge in [0.25, 0.3) is 5.91 Å². The van der Waals surface area contributed by atoms with E-state index in [0.717, 1.165) is 23.7 Å². The molecule has 0 bridgehead atoms. The Hall–Kier alpha value is -3.06. The first-order valence-corrected chi connectivity index (χ1v) is 11.2. The number of amides is 1. The van der Waals surface area contributed by atoms with E-state index < -0.39 is 24.2 Å². The molecule has 2 aromatic rings. The first kappa shape index (κ1) is 24.1. The molecule has 4 rings (SSSR count). The van der Waals surface area contributed by atoms with E-state index in [9.17, 15) is 18.0 Å². The maximum Gasteiger partial charge on any atom is 0.410 e. The van der Waals surface area contributed by atoms with Crippen LogP contribution in [-0.2, 0) is 4.74 Å². The third-order valence-corrected chi connectivity index (χ3v) is 6.05. The molecule has 34 heavy (non-hydrogen) atoms. The molecular formula is C21H25F3N6O3S. The second-order valence-electron chi connectivity index (χ2n) is 8.04. The van der Waals surface area contributed by atoms with Gasteiger partial charge in [-0.3, -0.25) is 15.6 Å². The summed E-state index contributed by atoms with van der Waals surface area (Å²) in [6, 6.07) is 4.15. The van der Waals surface area contributed by atoms with Crippen LogP contribution in [0.5, 0.6) is 5.75 Å². The van der Waals surface area contributed by atoms with Gasteiger partial charge >= 0.3 is 6.18 Å². The van der Waals surface area contributed by atoms with E-state index in [1.165, 1.54) is 7.11 Å². The summed E-state index contributed by atoms with van der Waals surface area (Å²) in [5, 5.41) is 10.0. The van der Waals surface area contributed by atoms with E-state index in [-0.39, 0.29) is 29.0 Å². The van der Waals surface area contributed by atoms with Gasteiger partial charge in [-0.1, -0.05) is 12.1 Å². The molecule has 1 saturated heterocycles. The number of carbonyl (C=O) groups excluding carboxylic acids is 1. The molecule has 0 aliphatic carbocycles. The third kappa shape index (κ3) is 5.36. The molecule has 1 aromatic heterocycles. The number of hydrazine groups is 1. The summed E-state index contributed by atoms with van der Waals surface area (Å²) < 4.78 is 53.0. The van der Waals surface area contributed by atoms with E-state index in [2.05, 4.69) is 26.6 Å². The van der Waals surface area contributed by atoms with Crippen LogP contribution >= 0.6 is 12.2 Å². The Morgan fingerprint density at radius 2 is 2.09 bits per heavy atom. The van der Waals surface area contributed by atoms with Gasteiger partial charge < -0.3 is 20.1 Å². The first-order chi connectivity index (χ1) is 16.3. The maximum atomic E-state index is 13.8. The molecule has 1 aromatic carbocycles. The van der Waals surface area contributed by atoms with Crippen LogP contribution in [0.2, 0.25) is 0 Å². The van der Waals surface area contributed by atoms with Crippen molar-refractivity contribution in [3.05, 3.63) is 41.6 Å². The lowest BCUT2D eigenvalue weighted by atomic mass is 9.96. The highest BCUT2D eigenvalue weighted by Gasteiger charge is 2.47. The lowest BCUT2D eigenvalue weighted by Gasteiger charge is -2.34. The number of carbonyl (C=O) groups is 1. The summed E-state index contributed by atoms with van der Waals surface area (Å²) in [6.07, 6.45) is -1.76. The molecule has 4 N–H and O–H groups in total. The predicted molar refractivity (Wildman–Crippen MR) is 121 cm³/mol. The topological polar surface area (TPSA) is 101 Å². The van der Waals surface area contributed by atoms with Gasteiger partial charge in [0, 0.05) is 19.6 Å². The number of nitrogens with zero attached hydrogens (tertiary/aromatic N) is 2. The fourth-order valence-corrected chi connectivity index (χ4v) is 4.15. The molecule has 3 heterocycles. The predicted octanol–water partition coefficient (Wildman–Crippen LogP) is 2.84. The standard InChI is InChI=1S/C21H25F3N6O3S/c1-32-13-6-4-12(5-7-13)16-9-17(21(22,23)24)30-18(27-16)15(11-26-30)19(31)28-29-20(34)25-10-14-3-2-8-33-14/h4-7,11,14,16-17,27H,2-3,8-10H2,1H3,(H,28,31)(H2,25,29,34)/t14-,16+,17-/m1/s1. The molecule has 13 heteroatoms. The molecule has 2 aliphatic heterocycles. The van der Waals surface area contributed by atoms with Crippen molar-refractivity contribution in [2.75, 3.05) is 25.6 Å². The van der Waals surface area contributed by atoms with Crippen LogP contribution in [-0.4, -0.2) is 53.3 Å². The summed E-state index contributed by atoms with van der Waals surface area (Å²) in [6.45, 7) is 1.20. The number of benzene rings is 1. The zero-order chi connectivity index (χ0) is 24.3. The fraction of sp³-hybridized carbons (Fsp3) is 0.476. The summed E-state index contributed by atoms with van der Waals surface area (Å²) in [4.78, 5) is 12.7. The number of rotatable bonds is 5. The van der Waals surface area contributed by atoms with Crippen LogP contribution < -0.4 is 26.2 Å². The van der Waals surface area contributed by atoms with Crippen molar-refractivity contribution in [2.24, 2.45) is 0 Å². The number of aromatic nitrogens is 2. The van der Waals surface area contributed by atoms with Gasteiger partial charge in [-0.25, -0.2) is 4.68 Å². The molecule has 1 fully saturated rings. The number of hydrogen-bond donors (Lipinski definition) is 4. The van der Waals surface area contributed by atoms with Crippen LogP contribution in [0, 0.1) is 0 Å². The summed E-state index contributed by atoms with van der Waals surface area (Å²) in [7, 11) is 1.51. The van der Waals surface area contributed by atoms with Gasteiger partial charge in [0.2, 0.25) is 0 Å². The average molecular weight is 499 g/mol. The van der Waals surface area contributed by atoms with Crippen LogP contribution in [0.15, 0.2) is 30.5 Å². The van der Waals surface area contributed by atoms with Crippen molar-refractivity contribution in [2.45, 2.75) is 43.6 Å². The lowest BCUT2D eigenvalue weighted by Crippen LogP contribution is -2.48. The van der Waals surface area contributed by atoms with Crippen molar-refractivity contribution < 1.29 is 27.4 Å². The van der Waals surface area contributed by atoms with E-state index >= 15 is 0 Å². The quantitative estimate of drug-likeness (QED) is 0.369. The van der Waals surface area contributed by atoms with Crippen molar-refractivity contribution in [1.29, 1.82) is 0 Å². The van der Waals surface area contributed by atoms with Gasteiger partial charge in [-0.05, 0) is 42.8 Å². The van der Waals surface area contributed by atoms with Crippen molar-refractivity contribution >= 4 is 29.1 Å². The molecule has 1 amide bonds. The Labute approximate surface area is 199 Å². The van der Waals surface area contributed by atoms with Crippen molar-refractivity contribution in [3.63, 3.8) is 0 Å². The highest BCUT2D eigenvalue weighted by molar-refractivity contribution is 7.80. The van der Waals surface area contributed by atoms with Gasteiger partial charge in [0.15, 0.2) is 11.2 Å². The molecule has 9 nitrogen and oxygen atoms in total. The minimum Gasteiger partial charge on any atom is -0.497 e. The Morgan fingerprint density at radius 1 is 1.32 bits per heavy atom. The number of thiocarbonyl (C=S) groups is 1. The molecule has 3 atom stereocenters. The van der Waals surface area contributed by atoms with Crippen LogP contribution in [0.1, 0.15) is 47.3 Å². The average Bonchev–Trinajstić information content (AvgIpc) is 3.50. The van der Waals surface area contributed by atoms with Crippen molar-refractivity contribution in [3.8, 4) is 5.75 Å². The number of fused-ring (bicyclic) bond motifs is 1. The Balaban J connectivity index is 1.47. The number of methoxy groups -OCH3 is 1. The first-order valence-electron chi connectivity index (χ1n) is 10.8. The Bertz CT molecular complexity index is 1020. The molecule has 0 radical (unpaired) electrons. The van der Waals surface area contributed by atoms with E-state index in [4.69, 9.17) is 21.7 Å². The van der Waals surface area contributed by atoms with Gasteiger partial charge in [-0.15, -0.1) is 0 Å². The third-order valence-electron chi connectivity index (χ3n) is 5.81. The second kappa shape index (κ2) is 10.1. The maximum absolute atomic E-state index is 13.8. The molecule has 0 saturated carbocycles. The van der Waals surface area contributed by atoms with Gasteiger partial charge in [0.1, 0.15) is 17.1 Å². The van der Waals surface area contributed by atoms with Crippen LogP contribution in [0.3, 0.4) is 0 Å². The van der Waals surface area contributed by atoms with Gasteiger partial charge in [-0.2, -0.15) is 18.3 Å². The fourth-order valence-electron chi connectivity index (χ4n) is 4.02. The summed E-state index contributed by atoms with van der Waals surface area (Å²) in [5.41, 5.74) is 5.56. The molecule has 184 valence electrons. The lowest BCUT2D eigenvalue weighted by molar-refractivity contribution is -0.173. The number of nitrogens with one attached hydrogen (secondary N) is 4. The Kier molecular flexibility index (Phi) is 7.12. The van der Waals surface area contributed by atoms with Crippen LogP contribution in [0.25, 0.3) is 0 Å². The molecule has 0 unspecified atom stereocenters. The molecular weight excluding hydrogens is 473 g/mol. The zero-order valence-electron chi connectivity index (χ0n) is 18.3. The number of halogens is 3. The highest BCUT2D eigenvalue weighted by atomic mass is 32.1. The Morgan fingerprint density at radius 3 is 2.74 bits per heavy atom. The monoisotopic (exact) mass is 498 g/mol. The van der Waals surface area contributed by atoms with Gasteiger partial charge in [0.05, 0.1) is 25.5 Å². The number of hydrogen-bond acceptors (Lipinski definition) is 6. The molecule has 0 spiro atoms. The van der Waals surface area contributed by atoms with E-state index in [1.807, 2.05) is 0 Å². The normalized spacial score (nSPS) is 21.8. The number of ether oxygens (including phenoxy) is 2. The SMILES string of the molecule is COc1ccc([C@@H]2C[C@H](C(F)(F)F)n3ncc(C(=O)NNC(=S)NC[C@H]4CCCO4)c3N2)cc1. The van der Waals surface area contributed by atoms with Crippen molar-refractivity contribution in [1.82, 2.24) is 25.9 Å². The zero-order valence-corrected chi connectivity index (χ0v) is 19.1. The number of alkyl halides is 3. The largest absolute Gasteiger partial charge is 0.497 e. The minimum absolute atomic E-state index is 0.0214. The smallest absolute Gasteiger partial charge is 0.410 e. The van der Waals surface area contributed by atoms with E-state index in [1.54, 1.807) is 24.3 Å². The summed E-state index contributed by atoms with van der Waals surface area (Å²) >= 11 is 5.14. The minimum atomic E-state index is -4.55. The number of anilines is 1. The van der Waals surface area contributed by atoms with E-state index in [0.29, 0.717) is 24.5 Å². The van der Waals surface area contributed by atoms with Crippen LogP contribution in [0.4, 0.5) is 19.0 Å². The second-order valence-corrected chi connectivity index (χ2v) is 8.45.